The predicted molar refractivity (Wildman–Crippen MR) is 77.8 cm³/mol. The molecule has 2 fully saturated rings. The second-order valence-electron chi connectivity index (χ2n) is 6.53. The van der Waals surface area contributed by atoms with Gasteiger partial charge in [-0.2, -0.15) is 0 Å². The molecule has 1 amide bonds. The fourth-order valence-corrected chi connectivity index (χ4v) is 3.73. The van der Waals surface area contributed by atoms with Crippen LogP contribution in [0, 0.1) is 11.3 Å². The Kier molecular flexibility index (Phi) is 4.21. The first-order chi connectivity index (χ1) is 9.02. The molecule has 0 aromatic carbocycles. The summed E-state index contributed by atoms with van der Waals surface area (Å²) in [5, 5.41) is 3.25. The van der Waals surface area contributed by atoms with Gasteiger partial charge in [-0.05, 0) is 57.0 Å². The van der Waals surface area contributed by atoms with Crippen molar-refractivity contribution < 1.29 is 4.79 Å². The topological polar surface area (TPSA) is 58.4 Å². The van der Waals surface area contributed by atoms with Gasteiger partial charge in [0.15, 0.2) is 0 Å². The number of nitrogens with two attached hydrogens (primary N) is 1. The molecule has 4 nitrogen and oxygen atoms in total. The number of likely N-dealkylation sites (tertiary alicyclic amines) is 1. The van der Waals surface area contributed by atoms with Crippen LogP contribution in [0.1, 0.15) is 46.0 Å². The van der Waals surface area contributed by atoms with E-state index in [1.807, 2.05) is 7.05 Å². The van der Waals surface area contributed by atoms with Crippen LogP contribution >= 0.6 is 0 Å². The second kappa shape index (κ2) is 5.41. The molecule has 2 rings (SSSR count). The predicted octanol–water partition coefficient (Wildman–Crippen LogP) is 1.35. The summed E-state index contributed by atoms with van der Waals surface area (Å²) in [6.45, 7) is 7.57. The van der Waals surface area contributed by atoms with Crippen molar-refractivity contribution in [1.82, 2.24) is 10.2 Å². The van der Waals surface area contributed by atoms with Gasteiger partial charge in [0, 0.05) is 13.1 Å². The summed E-state index contributed by atoms with van der Waals surface area (Å²) in [6, 6.07) is 0. The van der Waals surface area contributed by atoms with Crippen LogP contribution in [-0.4, -0.2) is 43.0 Å². The Morgan fingerprint density at radius 1 is 1.42 bits per heavy atom. The fraction of sp³-hybridized carbons (Fsp3) is 0.933. The molecule has 1 saturated carbocycles. The van der Waals surface area contributed by atoms with Gasteiger partial charge in [-0.25, -0.2) is 0 Å². The van der Waals surface area contributed by atoms with E-state index in [-0.39, 0.29) is 5.91 Å². The zero-order valence-corrected chi connectivity index (χ0v) is 12.7. The summed E-state index contributed by atoms with van der Waals surface area (Å²) < 4.78 is 0. The van der Waals surface area contributed by atoms with Crippen molar-refractivity contribution in [2.24, 2.45) is 17.1 Å². The molecule has 0 aromatic rings. The molecular weight excluding hydrogens is 238 g/mol. The van der Waals surface area contributed by atoms with Crippen molar-refractivity contribution in [2.75, 3.05) is 26.7 Å². The van der Waals surface area contributed by atoms with E-state index in [4.69, 9.17) is 5.73 Å². The minimum atomic E-state index is -0.502. The molecule has 3 N–H and O–H groups in total. The van der Waals surface area contributed by atoms with Crippen LogP contribution in [0.15, 0.2) is 0 Å². The van der Waals surface area contributed by atoms with E-state index < -0.39 is 5.54 Å². The van der Waals surface area contributed by atoms with Crippen molar-refractivity contribution in [2.45, 2.75) is 51.5 Å². The van der Waals surface area contributed by atoms with Crippen LogP contribution in [0.5, 0.6) is 0 Å². The molecular formula is C15H29N3O. The molecule has 1 saturated heterocycles. The number of carbonyl (C=O) groups excluding carboxylic acids is 1. The van der Waals surface area contributed by atoms with E-state index in [0.717, 1.165) is 32.5 Å². The first-order valence-electron chi connectivity index (χ1n) is 7.73. The number of carbonyl (C=O) groups is 1. The van der Waals surface area contributed by atoms with Crippen LogP contribution in [0.2, 0.25) is 0 Å². The van der Waals surface area contributed by atoms with E-state index in [1.165, 1.54) is 19.3 Å². The molecule has 0 bridgehead atoms. The van der Waals surface area contributed by atoms with Crippen molar-refractivity contribution >= 4 is 5.91 Å². The van der Waals surface area contributed by atoms with Crippen LogP contribution in [0.3, 0.4) is 0 Å². The molecule has 0 aromatic heterocycles. The number of hydrogen-bond acceptors (Lipinski definition) is 3. The lowest BCUT2D eigenvalue weighted by Gasteiger charge is -2.35. The third-order valence-corrected chi connectivity index (χ3v) is 5.65. The highest BCUT2D eigenvalue weighted by Gasteiger charge is 2.51. The van der Waals surface area contributed by atoms with Gasteiger partial charge in [0.2, 0.25) is 5.91 Å². The molecule has 1 aliphatic heterocycles. The molecule has 1 unspecified atom stereocenters. The monoisotopic (exact) mass is 267 g/mol. The highest BCUT2D eigenvalue weighted by Crippen LogP contribution is 2.42. The van der Waals surface area contributed by atoms with E-state index in [9.17, 15) is 4.79 Å². The maximum absolute atomic E-state index is 12.0. The van der Waals surface area contributed by atoms with Gasteiger partial charge in [0.1, 0.15) is 5.54 Å². The Bertz CT molecular complexity index is 336. The number of amides is 1. The van der Waals surface area contributed by atoms with Gasteiger partial charge in [-0.15, -0.1) is 0 Å². The molecule has 1 aliphatic carbocycles. The summed E-state index contributed by atoms with van der Waals surface area (Å²) in [4.78, 5) is 14.4. The van der Waals surface area contributed by atoms with E-state index in [1.54, 1.807) is 0 Å². The average molecular weight is 267 g/mol. The standard InChI is InChI=1S/C15H29N3O/c1-4-14(5-2)8-9-18(10-14)11-15(17-3,13(16)19)12-6-7-12/h12,17H,4-11H2,1-3H3,(H2,16,19). The van der Waals surface area contributed by atoms with E-state index in [2.05, 4.69) is 24.1 Å². The first kappa shape index (κ1) is 14.8. The highest BCUT2D eigenvalue weighted by atomic mass is 16.1. The molecule has 4 heteroatoms. The number of likely N-dealkylation sites (N-methyl/N-ethyl adjacent to an activating group) is 1. The lowest BCUT2D eigenvalue weighted by Crippen LogP contribution is -2.62. The second-order valence-corrected chi connectivity index (χ2v) is 6.53. The van der Waals surface area contributed by atoms with Crippen LogP contribution < -0.4 is 11.1 Å². The molecule has 19 heavy (non-hydrogen) atoms. The Morgan fingerprint density at radius 3 is 2.42 bits per heavy atom. The Morgan fingerprint density at radius 2 is 2.05 bits per heavy atom. The quantitative estimate of drug-likeness (QED) is 0.732. The maximum Gasteiger partial charge on any atom is 0.239 e. The lowest BCUT2D eigenvalue weighted by atomic mass is 9.82. The van der Waals surface area contributed by atoms with E-state index in [0.29, 0.717) is 11.3 Å². The van der Waals surface area contributed by atoms with Gasteiger partial charge in [-0.3, -0.25) is 4.79 Å². The van der Waals surface area contributed by atoms with Crippen molar-refractivity contribution in [3.05, 3.63) is 0 Å². The number of hydrogen-bond donors (Lipinski definition) is 2. The van der Waals surface area contributed by atoms with Crippen molar-refractivity contribution in [1.29, 1.82) is 0 Å². The molecule has 0 spiro atoms. The normalized spacial score (nSPS) is 26.3. The molecule has 1 heterocycles. The Balaban J connectivity index is 2.05. The SMILES string of the molecule is CCC1(CC)CCN(CC(NC)(C(N)=O)C2CC2)C1. The Hall–Kier alpha value is -0.610. The summed E-state index contributed by atoms with van der Waals surface area (Å²) in [7, 11) is 1.88. The Labute approximate surface area is 117 Å². The number of primary amides is 1. The van der Waals surface area contributed by atoms with Gasteiger partial charge in [0.05, 0.1) is 0 Å². The summed E-state index contributed by atoms with van der Waals surface area (Å²) >= 11 is 0. The summed E-state index contributed by atoms with van der Waals surface area (Å²) in [5.41, 5.74) is 5.66. The fourth-order valence-electron chi connectivity index (χ4n) is 3.73. The van der Waals surface area contributed by atoms with Crippen molar-refractivity contribution in [3.8, 4) is 0 Å². The van der Waals surface area contributed by atoms with Crippen LogP contribution in [0.4, 0.5) is 0 Å². The average Bonchev–Trinajstić information content (AvgIpc) is 3.18. The zero-order valence-electron chi connectivity index (χ0n) is 12.7. The molecule has 1 atom stereocenters. The molecule has 0 radical (unpaired) electrons. The van der Waals surface area contributed by atoms with Crippen LogP contribution in [0.25, 0.3) is 0 Å². The third kappa shape index (κ3) is 2.65. The zero-order chi connectivity index (χ0) is 14.1. The largest absolute Gasteiger partial charge is 0.368 e. The summed E-state index contributed by atoms with van der Waals surface area (Å²) in [5.74, 6) is 0.260. The third-order valence-electron chi connectivity index (χ3n) is 5.65. The van der Waals surface area contributed by atoms with Gasteiger partial charge >= 0.3 is 0 Å². The molecule has 2 aliphatic rings. The number of rotatable bonds is 7. The lowest BCUT2D eigenvalue weighted by molar-refractivity contribution is -0.126. The maximum atomic E-state index is 12.0. The van der Waals surface area contributed by atoms with Gasteiger partial charge in [0.25, 0.3) is 0 Å². The minimum Gasteiger partial charge on any atom is -0.368 e. The first-order valence-corrected chi connectivity index (χ1v) is 7.73. The van der Waals surface area contributed by atoms with Gasteiger partial charge in [-0.1, -0.05) is 13.8 Å². The van der Waals surface area contributed by atoms with Crippen molar-refractivity contribution in [3.63, 3.8) is 0 Å². The minimum absolute atomic E-state index is 0.178. The summed E-state index contributed by atoms with van der Waals surface area (Å²) in [6.07, 6.45) is 5.97. The van der Waals surface area contributed by atoms with Crippen LogP contribution in [-0.2, 0) is 4.79 Å². The number of nitrogens with one attached hydrogen (secondary N) is 1. The smallest absolute Gasteiger partial charge is 0.239 e. The number of nitrogens with zero attached hydrogens (tertiary/aromatic N) is 1. The highest BCUT2D eigenvalue weighted by molar-refractivity contribution is 5.86. The molecule has 110 valence electrons. The van der Waals surface area contributed by atoms with E-state index >= 15 is 0 Å². The van der Waals surface area contributed by atoms with Gasteiger partial charge < -0.3 is 16.0 Å².